The molecule has 3 amide bonds. The molecule has 0 radical (unpaired) electrons. The number of hydrogen-bond donors (Lipinski definition) is 3. The quantitative estimate of drug-likeness (QED) is 0.716. The Balaban J connectivity index is 2.42. The number of alkyl halides is 3. The van der Waals surface area contributed by atoms with Crippen molar-refractivity contribution in [2.45, 2.75) is 20.0 Å². The van der Waals surface area contributed by atoms with Crippen LogP contribution in [-0.4, -0.2) is 24.7 Å². The third kappa shape index (κ3) is 4.90. The van der Waals surface area contributed by atoms with Gasteiger partial charge >= 0.3 is 12.2 Å². The fourth-order valence-electron chi connectivity index (χ4n) is 1.26. The molecule has 1 rings (SSSR count). The van der Waals surface area contributed by atoms with E-state index >= 15 is 0 Å². The molecule has 1 aromatic heterocycles. The Morgan fingerprint density at radius 1 is 1.26 bits per heavy atom. The number of amides is 3. The number of hydrazine groups is 1. The summed E-state index contributed by atoms with van der Waals surface area (Å²) in [5.41, 5.74) is 3.95. The number of halogens is 3. The van der Waals surface area contributed by atoms with Crippen molar-refractivity contribution in [3.8, 4) is 0 Å². The van der Waals surface area contributed by atoms with Crippen molar-refractivity contribution in [3.63, 3.8) is 0 Å². The normalized spacial score (nSPS) is 11.0. The van der Waals surface area contributed by atoms with E-state index in [9.17, 15) is 22.8 Å². The van der Waals surface area contributed by atoms with Crippen LogP contribution in [0.5, 0.6) is 0 Å². The number of furan rings is 1. The van der Waals surface area contributed by atoms with E-state index in [2.05, 4.69) is 0 Å². The number of carbonyl (C=O) groups excluding carboxylic acids is 2. The zero-order valence-corrected chi connectivity index (χ0v) is 10.1. The Bertz CT molecular complexity index is 482. The first kappa shape index (κ1) is 14.9. The molecule has 1 aromatic rings. The number of hydrogen-bond acceptors (Lipinski definition) is 3. The van der Waals surface area contributed by atoms with Crippen molar-refractivity contribution < 1.29 is 27.2 Å². The van der Waals surface area contributed by atoms with Crippen LogP contribution in [0.4, 0.5) is 18.0 Å². The Hall–Kier alpha value is -2.19. The molecule has 0 atom stereocenters. The van der Waals surface area contributed by atoms with E-state index in [0.29, 0.717) is 11.5 Å². The van der Waals surface area contributed by atoms with Crippen molar-refractivity contribution in [2.24, 2.45) is 0 Å². The van der Waals surface area contributed by atoms with Gasteiger partial charge in [0, 0.05) is 0 Å². The van der Waals surface area contributed by atoms with Gasteiger partial charge in [0.25, 0.3) is 5.91 Å². The Morgan fingerprint density at radius 2 is 1.89 bits per heavy atom. The molecule has 0 aliphatic heterocycles. The molecule has 6 nitrogen and oxygen atoms in total. The lowest BCUT2D eigenvalue weighted by atomic mass is 10.2. The Labute approximate surface area is 106 Å². The monoisotopic (exact) mass is 279 g/mol. The molecule has 106 valence electrons. The van der Waals surface area contributed by atoms with Gasteiger partial charge in [0.15, 0.2) is 0 Å². The van der Waals surface area contributed by atoms with E-state index in [-0.39, 0.29) is 5.56 Å². The molecular formula is C10H12F3N3O3. The fraction of sp³-hybridized carbons (Fsp3) is 0.400. The van der Waals surface area contributed by atoms with E-state index in [1.54, 1.807) is 19.3 Å². The highest BCUT2D eigenvalue weighted by atomic mass is 19.4. The maximum atomic E-state index is 11.8. The van der Waals surface area contributed by atoms with Gasteiger partial charge in [-0.1, -0.05) is 0 Å². The highest BCUT2D eigenvalue weighted by molar-refractivity contribution is 5.96. The van der Waals surface area contributed by atoms with Crippen LogP contribution in [0, 0.1) is 13.8 Å². The SMILES string of the molecule is Cc1cc(C(=O)NNC(=O)NCC(F)(F)F)c(C)o1. The lowest BCUT2D eigenvalue weighted by Gasteiger charge is -2.10. The zero-order chi connectivity index (χ0) is 14.6. The van der Waals surface area contributed by atoms with E-state index in [0.717, 1.165) is 0 Å². The summed E-state index contributed by atoms with van der Waals surface area (Å²) < 4.78 is 40.5. The number of rotatable bonds is 2. The van der Waals surface area contributed by atoms with Crippen LogP contribution in [0.15, 0.2) is 10.5 Å². The van der Waals surface area contributed by atoms with E-state index in [1.165, 1.54) is 11.4 Å². The van der Waals surface area contributed by atoms with Crippen LogP contribution in [0.3, 0.4) is 0 Å². The van der Waals surface area contributed by atoms with Gasteiger partial charge in [-0.25, -0.2) is 10.2 Å². The summed E-state index contributed by atoms with van der Waals surface area (Å²) in [5, 5.41) is 1.54. The van der Waals surface area contributed by atoms with E-state index in [1.807, 2.05) is 5.43 Å². The number of aryl methyl sites for hydroxylation is 2. The summed E-state index contributed by atoms with van der Waals surface area (Å²) in [6, 6.07) is 0.281. The van der Waals surface area contributed by atoms with Crippen LogP contribution < -0.4 is 16.2 Å². The molecule has 0 fully saturated rings. The first-order valence-corrected chi connectivity index (χ1v) is 5.17. The van der Waals surface area contributed by atoms with Gasteiger partial charge in [-0.3, -0.25) is 10.2 Å². The zero-order valence-electron chi connectivity index (χ0n) is 10.1. The number of urea groups is 1. The maximum absolute atomic E-state index is 11.8. The Kier molecular flexibility index (Phi) is 4.41. The maximum Gasteiger partial charge on any atom is 0.405 e. The van der Waals surface area contributed by atoms with Crippen LogP contribution >= 0.6 is 0 Å². The molecule has 0 saturated carbocycles. The lowest BCUT2D eigenvalue weighted by molar-refractivity contribution is -0.122. The molecule has 0 aliphatic rings. The van der Waals surface area contributed by atoms with Gasteiger partial charge in [0.1, 0.15) is 18.1 Å². The highest BCUT2D eigenvalue weighted by Gasteiger charge is 2.27. The summed E-state index contributed by atoms with van der Waals surface area (Å²) in [7, 11) is 0. The molecule has 0 saturated heterocycles. The first-order valence-electron chi connectivity index (χ1n) is 5.17. The van der Waals surface area contributed by atoms with Gasteiger partial charge in [-0.05, 0) is 19.9 Å². The van der Waals surface area contributed by atoms with Crippen LogP contribution in [-0.2, 0) is 0 Å². The minimum Gasteiger partial charge on any atom is -0.466 e. The minimum atomic E-state index is -4.51. The average Bonchev–Trinajstić information content (AvgIpc) is 2.61. The lowest BCUT2D eigenvalue weighted by Crippen LogP contribution is -2.49. The van der Waals surface area contributed by atoms with E-state index in [4.69, 9.17) is 4.42 Å². The largest absolute Gasteiger partial charge is 0.466 e. The predicted molar refractivity (Wildman–Crippen MR) is 58.2 cm³/mol. The van der Waals surface area contributed by atoms with Gasteiger partial charge in [-0.2, -0.15) is 13.2 Å². The van der Waals surface area contributed by atoms with Crippen LogP contribution in [0.2, 0.25) is 0 Å². The average molecular weight is 279 g/mol. The summed E-state index contributed by atoms with van der Waals surface area (Å²) in [4.78, 5) is 22.5. The predicted octanol–water partition coefficient (Wildman–Crippen LogP) is 1.40. The Morgan fingerprint density at radius 3 is 2.37 bits per heavy atom. The van der Waals surface area contributed by atoms with Gasteiger partial charge in [0.2, 0.25) is 0 Å². The van der Waals surface area contributed by atoms with Crippen molar-refractivity contribution in [2.75, 3.05) is 6.54 Å². The molecule has 1 heterocycles. The van der Waals surface area contributed by atoms with Crippen molar-refractivity contribution >= 4 is 11.9 Å². The second-order valence-electron chi connectivity index (χ2n) is 3.70. The smallest absolute Gasteiger partial charge is 0.405 e. The summed E-state index contributed by atoms with van der Waals surface area (Å²) in [6.07, 6.45) is -4.51. The van der Waals surface area contributed by atoms with Crippen molar-refractivity contribution in [1.82, 2.24) is 16.2 Å². The second-order valence-corrected chi connectivity index (χ2v) is 3.70. The third-order valence-corrected chi connectivity index (χ3v) is 2.02. The highest BCUT2D eigenvalue weighted by Crippen LogP contribution is 2.13. The molecule has 0 aromatic carbocycles. The minimum absolute atomic E-state index is 0.189. The van der Waals surface area contributed by atoms with Crippen LogP contribution in [0.1, 0.15) is 21.9 Å². The van der Waals surface area contributed by atoms with Gasteiger partial charge in [-0.15, -0.1) is 0 Å². The second kappa shape index (κ2) is 5.63. The topological polar surface area (TPSA) is 83.4 Å². The molecule has 19 heavy (non-hydrogen) atoms. The summed E-state index contributed by atoms with van der Waals surface area (Å²) in [6.45, 7) is 1.69. The van der Waals surface area contributed by atoms with E-state index < -0.39 is 24.7 Å². The first-order chi connectivity index (χ1) is 8.69. The molecule has 0 bridgehead atoms. The molecule has 3 N–H and O–H groups in total. The summed E-state index contributed by atoms with van der Waals surface area (Å²) >= 11 is 0. The fourth-order valence-corrected chi connectivity index (χ4v) is 1.26. The number of carbonyl (C=O) groups is 2. The van der Waals surface area contributed by atoms with Crippen LogP contribution in [0.25, 0.3) is 0 Å². The van der Waals surface area contributed by atoms with Gasteiger partial charge in [0.05, 0.1) is 5.56 Å². The van der Waals surface area contributed by atoms with Gasteiger partial charge < -0.3 is 9.73 Å². The molecule has 0 spiro atoms. The molecular weight excluding hydrogens is 267 g/mol. The van der Waals surface area contributed by atoms with Crippen molar-refractivity contribution in [3.05, 3.63) is 23.2 Å². The molecule has 9 heteroatoms. The molecule has 0 aliphatic carbocycles. The number of nitrogens with one attached hydrogen (secondary N) is 3. The molecule has 0 unspecified atom stereocenters. The third-order valence-electron chi connectivity index (χ3n) is 2.02. The standard InChI is InChI=1S/C10H12F3N3O3/c1-5-3-7(6(2)19-5)8(17)15-16-9(18)14-4-10(11,12)13/h3H,4H2,1-2H3,(H,15,17)(H2,14,16,18). The summed E-state index contributed by atoms with van der Waals surface area (Å²) in [5.74, 6) is 0.160. The van der Waals surface area contributed by atoms with Crippen molar-refractivity contribution in [1.29, 1.82) is 0 Å².